The van der Waals surface area contributed by atoms with Crippen LogP contribution >= 0.6 is 11.6 Å². The monoisotopic (exact) mass is 363 g/mol. The maximum Gasteiger partial charge on any atom is 0.239 e. The van der Waals surface area contributed by atoms with E-state index in [2.05, 4.69) is 5.32 Å². The molecule has 2 rings (SSSR count). The summed E-state index contributed by atoms with van der Waals surface area (Å²) in [5.74, 6) is 0.546. The molecule has 0 aliphatic heterocycles. The van der Waals surface area contributed by atoms with Crippen molar-refractivity contribution in [1.29, 1.82) is 0 Å². The van der Waals surface area contributed by atoms with Crippen LogP contribution in [0.15, 0.2) is 36.4 Å². The van der Waals surface area contributed by atoms with Gasteiger partial charge in [-0.25, -0.2) is 0 Å². The third-order valence-electron chi connectivity index (χ3n) is 3.51. The fraction of sp³-hybridized carbons (Fsp3) is 0.222. The summed E-state index contributed by atoms with van der Waals surface area (Å²) in [7, 11) is 4.48. The quantitative estimate of drug-likeness (QED) is 0.604. The van der Waals surface area contributed by atoms with Crippen LogP contribution in [0.1, 0.15) is 15.9 Å². The molecule has 7 heteroatoms. The largest absolute Gasteiger partial charge is 0.497 e. The number of hydrogen-bond acceptors (Lipinski definition) is 5. The molecule has 0 radical (unpaired) electrons. The number of benzene rings is 2. The highest BCUT2D eigenvalue weighted by Gasteiger charge is 2.18. The van der Waals surface area contributed by atoms with Crippen LogP contribution in [0, 0.1) is 0 Å². The predicted molar refractivity (Wildman–Crippen MR) is 95.3 cm³/mol. The Morgan fingerprint density at radius 1 is 0.960 bits per heavy atom. The third-order valence-corrected chi connectivity index (χ3v) is 3.75. The number of rotatable bonds is 7. The molecule has 0 bridgehead atoms. The number of hydrogen-bond donors (Lipinski definition) is 1. The number of anilines is 1. The molecule has 0 fully saturated rings. The van der Waals surface area contributed by atoms with Crippen molar-refractivity contribution in [2.75, 3.05) is 32.5 Å². The van der Waals surface area contributed by atoms with Crippen molar-refractivity contribution in [2.24, 2.45) is 0 Å². The SMILES string of the molecule is COc1ccc(C(=O)c2ccc(OC)c(NC(=O)CCl)c2)c(OC)c1. The van der Waals surface area contributed by atoms with Crippen LogP contribution in [0.4, 0.5) is 5.69 Å². The van der Waals surface area contributed by atoms with Crippen molar-refractivity contribution < 1.29 is 23.8 Å². The maximum absolute atomic E-state index is 12.8. The minimum Gasteiger partial charge on any atom is -0.497 e. The first-order chi connectivity index (χ1) is 12.0. The molecule has 0 aromatic heterocycles. The zero-order chi connectivity index (χ0) is 18.4. The molecule has 0 aliphatic rings. The maximum atomic E-state index is 12.8. The Balaban J connectivity index is 2.42. The summed E-state index contributed by atoms with van der Waals surface area (Å²) in [6.45, 7) is 0. The van der Waals surface area contributed by atoms with Crippen molar-refractivity contribution >= 4 is 29.0 Å². The lowest BCUT2D eigenvalue weighted by molar-refractivity contribution is -0.113. The molecule has 6 nitrogen and oxygen atoms in total. The molecule has 0 aliphatic carbocycles. The van der Waals surface area contributed by atoms with Crippen LogP contribution in [0.3, 0.4) is 0 Å². The molecule has 1 amide bonds. The summed E-state index contributed by atoms with van der Waals surface area (Å²) >= 11 is 5.52. The number of carbonyl (C=O) groups is 2. The summed E-state index contributed by atoms with van der Waals surface area (Å²) in [6.07, 6.45) is 0. The fourth-order valence-corrected chi connectivity index (χ4v) is 2.34. The normalized spacial score (nSPS) is 10.1. The molecule has 0 saturated carbocycles. The highest BCUT2D eigenvalue weighted by Crippen LogP contribution is 2.30. The van der Waals surface area contributed by atoms with Gasteiger partial charge in [0.2, 0.25) is 5.91 Å². The van der Waals surface area contributed by atoms with Crippen molar-refractivity contribution in [2.45, 2.75) is 0 Å². The van der Waals surface area contributed by atoms with Crippen LogP contribution in [0.2, 0.25) is 0 Å². The first kappa shape index (κ1) is 18.6. The van der Waals surface area contributed by atoms with E-state index >= 15 is 0 Å². The smallest absolute Gasteiger partial charge is 0.239 e. The molecular weight excluding hydrogens is 346 g/mol. The van der Waals surface area contributed by atoms with Gasteiger partial charge in [0.1, 0.15) is 23.1 Å². The molecule has 2 aromatic rings. The van der Waals surface area contributed by atoms with E-state index in [1.54, 1.807) is 30.3 Å². The van der Waals surface area contributed by atoms with Crippen LogP contribution in [-0.4, -0.2) is 38.9 Å². The Bertz CT molecular complexity index is 791. The second kappa shape index (κ2) is 8.39. The number of carbonyl (C=O) groups excluding carboxylic acids is 2. The summed E-state index contributed by atoms with van der Waals surface area (Å²) in [4.78, 5) is 24.4. The summed E-state index contributed by atoms with van der Waals surface area (Å²) in [5.41, 5.74) is 1.11. The Labute approximate surface area is 150 Å². The minimum atomic E-state index is -0.397. The Hall–Kier alpha value is -2.73. The zero-order valence-electron chi connectivity index (χ0n) is 14.1. The average Bonchev–Trinajstić information content (AvgIpc) is 2.66. The van der Waals surface area contributed by atoms with Gasteiger partial charge in [-0.2, -0.15) is 0 Å². The second-order valence-corrected chi connectivity index (χ2v) is 5.26. The number of halogens is 1. The second-order valence-electron chi connectivity index (χ2n) is 4.99. The Morgan fingerprint density at radius 3 is 2.28 bits per heavy atom. The van der Waals surface area contributed by atoms with E-state index in [1.165, 1.54) is 27.4 Å². The van der Waals surface area contributed by atoms with Crippen molar-refractivity contribution in [3.8, 4) is 17.2 Å². The van der Waals surface area contributed by atoms with E-state index in [0.717, 1.165) is 0 Å². The highest BCUT2D eigenvalue weighted by molar-refractivity contribution is 6.29. The Morgan fingerprint density at radius 2 is 1.68 bits per heavy atom. The number of methoxy groups -OCH3 is 3. The van der Waals surface area contributed by atoms with Gasteiger partial charge in [-0.1, -0.05) is 0 Å². The molecule has 1 N–H and O–H groups in total. The molecular formula is C18H18ClNO5. The fourth-order valence-electron chi connectivity index (χ4n) is 2.27. The van der Waals surface area contributed by atoms with E-state index in [9.17, 15) is 9.59 Å². The molecule has 0 heterocycles. The van der Waals surface area contributed by atoms with Gasteiger partial charge >= 0.3 is 0 Å². The number of nitrogens with one attached hydrogen (secondary N) is 1. The molecule has 0 spiro atoms. The number of amides is 1. The standard InChI is InChI=1S/C18H18ClNO5/c1-23-12-5-6-13(16(9-12)25-3)18(22)11-4-7-15(24-2)14(8-11)20-17(21)10-19/h4-9H,10H2,1-3H3,(H,20,21). The van der Waals surface area contributed by atoms with E-state index in [0.29, 0.717) is 34.1 Å². The van der Waals surface area contributed by atoms with Gasteiger partial charge in [0.25, 0.3) is 0 Å². The predicted octanol–water partition coefficient (Wildman–Crippen LogP) is 3.12. The molecule has 132 valence electrons. The van der Waals surface area contributed by atoms with Gasteiger partial charge in [-0.05, 0) is 30.3 Å². The molecule has 0 atom stereocenters. The van der Waals surface area contributed by atoms with Crippen LogP contribution in [0.25, 0.3) is 0 Å². The molecule has 0 unspecified atom stereocenters. The molecule has 0 saturated heterocycles. The highest BCUT2D eigenvalue weighted by atomic mass is 35.5. The van der Waals surface area contributed by atoms with E-state index in [-0.39, 0.29) is 11.7 Å². The third kappa shape index (κ3) is 4.22. The van der Waals surface area contributed by atoms with Crippen LogP contribution < -0.4 is 19.5 Å². The first-order valence-electron chi connectivity index (χ1n) is 7.34. The van der Waals surface area contributed by atoms with Gasteiger partial charge in [0, 0.05) is 11.6 Å². The van der Waals surface area contributed by atoms with Crippen molar-refractivity contribution in [3.05, 3.63) is 47.5 Å². The lowest BCUT2D eigenvalue weighted by atomic mass is 10.0. The van der Waals surface area contributed by atoms with Crippen molar-refractivity contribution in [3.63, 3.8) is 0 Å². The average molecular weight is 364 g/mol. The van der Waals surface area contributed by atoms with Crippen LogP contribution in [0.5, 0.6) is 17.2 Å². The summed E-state index contributed by atoms with van der Waals surface area (Å²) in [5, 5.41) is 2.61. The lowest BCUT2D eigenvalue weighted by Crippen LogP contribution is -2.14. The van der Waals surface area contributed by atoms with E-state index < -0.39 is 5.91 Å². The zero-order valence-corrected chi connectivity index (χ0v) is 14.8. The number of ketones is 1. The Kier molecular flexibility index (Phi) is 6.25. The van der Waals surface area contributed by atoms with E-state index in [4.69, 9.17) is 25.8 Å². The van der Waals surface area contributed by atoms with Crippen molar-refractivity contribution in [1.82, 2.24) is 0 Å². The van der Waals surface area contributed by atoms with E-state index in [1.807, 2.05) is 0 Å². The van der Waals surface area contributed by atoms with Crippen LogP contribution in [-0.2, 0) is 4.79 Å². The van der Waals surface area contributed by atoms with Gasteiger partial charge in [-0.15, -0.1) is 11.6 Å². The topological polar surface area (TPSA) is 73.9 Å². The number of ether oxygens (including phenoxy) is 3. The minimum absolute atomic E-state index is 0.201. The van der Waals surface area contributed by atoms with Gasteiger partial charge < -0.3 is 19.5 Å². The summed E-state index contributed by atoms with van der Waals surface area (Å²) in [6, 6.07) is 9.69. The summed E-state index contributed by atoms with van der Waals surface area (Å²) < 4.78 is 15.6. The van der Waals surface area contributed by atoms with Gasteiger partial charge in [-0.3, -0.25) is 9.59 Å². The number of alkyl halides is 1. The molecule has 25 heavy (non-hydrogen) atoms. The van der Waals surface area contributed by atoms with Gasteiger partial charge in [0.15, 0.2) is 5.78 Å². The molecule has 2 aromatic carbocycles. The lowest BCUT2D eigenvalue weighted by Gasteiger charge is -2.13. The first-order valence-corrected chi connectivity index (χ1v) is 7.88. The van der Waals surface area contributed by atoms with Gasteiger partial charge in [0.05, 0.1) is 32.6 Å².